The molecule has 0 saturated carbocycles. The Morgan fingerprint density at radius 2 is 1.55 bits per heavy atom. The molecule has 3 aromatic carbocycles. The lowest BCUT2D eigenvalue weighted by Gasteiger charge is -2.37. The fourth-order valence-corrected chi connectivity index (χ4v) is 5.18. The largest absolute Gasteiger partial charge is 0.497 e. The summed E-state index contributed by atoms with van der Waals surface area (Å²) in [7, 11) is 3.19. The summed E-state index contributed by atoms with van der Waals surface area (Å²) < 4.78 is 24.9. The van der Waals surface area contributed by atoms with Crippen LogP contribution in [0.4, 0.5) is 5.82 Å². The van der Waals surface area contributed by atoms with E-state index in [2.05, 4.69) is 15.0 Å². The summed E-state index contributed by atoms with van der Waals surface area (Å²) in [6.07, 6.45) is -2.02. The average molecular weight is 571 g/mol. The molecule has 1 aromatic heterocycles. The predicted octanol–water partition coefficient (Wildman–Crippen LogP) is 3.79. The molecule has 1 aliphatic rings. The maximum Gasteiger partial charge on any atom is 0.351 e. The van der Waals surface area contributed by atoms with Crippen molar-refractivity contribution in [1.82, 2.24) is 9.55 Å². The molecule has 1 saturated heterocycles. The van der Waals surface area contributed by atoms with E-state index in [0.29, 0.717) is 11.5 Å². The van der Waals surface area contributed by atoms with Gasteiger partial charge < -0.3 is 29.8 Å². The fraction of sp³-hybridized carbons (Fsp3) is 0.267. The van der Waals surface area contributed by atoms with Crippen LogP contribution in [0.25, 0.3) is 10.4 Å². The molecule has 1 aliphatic heterocycles. The Hall–Kier alpha value is -4.87. The van der Waals surface area contributed by atoms with Gasteiger partial charge in [-0.25, -0.2) is 4.79 Å². The number of rotatable bonds is 10. The SMILES string of the molecule is COc1ccc(C(OC[C@H]2O[C@@H](n3ccc(N)nc3=O)[C@H](N=[N+]=[N-])[C@@H]2O)(c2ccccc2)c2ccc(OC)cc2)cc1. The van der Waals surface area contributed by atoms with Gasteiger partial charge in [-0.2, -0.15) is 4.98 Å². The van der Waals surface area contributed by atoms with E-state index in [1.54, 1.807) is 14.2 Å². The van der Waals surface area contributed by atoms with Crippen molar-refractivity contribution in [2.24, 2.45) is 5.11 Å². The summed E-state index contributed by atoms with van der Waals surface area (Å²) in [5.41, 5.74) is 15.4. The second kappa shape index (κ2) is 12.3. The Balaban J connectivity index is 1.58. The zero-order chi connectivity index (χ0) is 29.7. The molecule has 0 unspecified atom stereocenters. The van der Waals surface area contributed by atoms with E-state index >= 15 is 0 Å². The maximum atomic E-state index is 12.6. The number of aromatic nitrogens is 2. The van der Waals surface area contributed by atoms with Crippen molar-refractivity contribution in [2.75, 3.05) is 26.6 Å². The lowest BCUT2D eigenvalue weighted by Crippen LogP contribution is -2.39. The van der Waals surface area contributed by atoms with Gasteiger partial charge in [0.05, 0.1) is 26.9 Å². The van der Waals surface area contributed by atoms with Crippen LogP contribution < -0.4 is 20.9 Å². The lowest BCUT2D eigenvalue weighted by atomic mass is 9.80. The molecular weight excluding hydrogens is 540 g/mol. The number of azide groups is 1. The van der Waals surface area contributed by atoms with Gasteiger partial charge in [-0.1, -0.05) is 59.7 Å². The Morgan fingerprint density at radius 3 is 2.07 bits per heavy atom. The highest BCUT2D eigenvalue weighted by Crippen LogP contribution is 2.43. The third-order valence-electron chi connectivity index (χ3n) is 7.29. The normalized spacial score (nSPS) is 20.1. The number of aliphatic hydroxyl groups excluding tert-OH is 1. The molecule has 4 aromatic rings. The van der Waals surface area contributed by atoms with E-state index in [0.717, 1.165) is 21.3 Å². The second-order valence-corrected chi connectivity index (χ2v) is 9.61. The zero-order valence-electron chi connectivity index (χ0n) is 23.0. The van der Waals surface area contributed by atoms with E-state index in [9.17, 15) is 15.4 Å². The summed E-state index contributed by atoms with van der Waals surface area (Å²) in [6, 6.07) is 24.9. The Kier molecular flexibility index (Phi) is 8.41. The first-order valence-electron chi connectivity index (χ1n) is 13.1. The van der Waals surface area contributed by atoms with Crippen molar-refractivity contribution in [1.29, 1.82) is 0 Å². The molecular formula is C30H30N6O6. The number of nitrogens with zero attached hydrogens (tertiary/aromatic N) is 5. The summed E-state index contributed by atoms with van der Waals surface area (Å²) in [6.45, 7) is -0.140. The quantitative estimate of drug-likeness (QED) is 0.126. The highest BCUT2D eigenvalue weighted by atomic mass is 16.6. The maximum absolute atomic E-state index is 12.6. The molecule has 1 fully saturated rings. The summed E-state index contributed by atoms with van der Waals surface area (Å²) in [4.78, 5) is 19.2. The van der Waals surface area contributed by atoms with E-state index < -0.39 is 35.8 Å². The molecule has 2 heterocycles. The van der Waals surface area contributed by atoms with E-state index in [1.807, 2.05) is 78.9 Å². The number of benzene rings is 3. The third-order valence-corrected chi connectivity index (χ3v) is 7.29. The second-order valence-electron chi connectivity index (χ2n) is 9.61. The Labute approximate surface area is 241 Å². The predicted molar refractivity (Wildman–Crippen MR) is 154 cm³/mol. The van der Waals surface area contributed by atoms with Crippen LogP contribution >= 0.6 is 0 Å². The summed E-state index contributed by atoms with van der Waals surface area (Å²) >= 11 is 0. The highest BCUT2D eigenvalue weighted by molar-refractivity contribution is 5.49. The molecule has 4 atom stereocenters. The van der Waals surface area contributed by atoms with Gasteiger partial charge in [0.15, 0.2) is 0 Å². The number of anilines is 1. The Bertz CT molecular complexity index is 1560. The van der Waals surface area contributed by atoms with Gasteiger partial charge in [-0.15, -0.1) is 0 Å². The van der Waals surface area contributed by atoms with Crippen LogP contribution in [-0.2, 0) is 15.1 Å². The first-order chi connectivity index (χ1) is 20.4. The number of nitrogen functional groups attached to an aromatic ring is 1. The van der Waals surface area contributed by atoms with Crippen molar-refractivity contribution in [3.63, 3.8) is 0 Å². The molecule has 0 amide bonds. The van der Waals surface area contributed by atoms with Gasteiger partial charge in [-0.05, 0) is 52.6 Å². The molecule has 12 nitrogen and oxygen atoms in total. The zero-order valence-corrected chi connectivity index (χ0v) is 23.0. The molecule has 0 radical (unpaired) electrons. The van der Waals surface area contributed by atoms with Crippen LogP contribution in [-0.4, -0.2) is 53.7 Å². The number of hydrogen-bond donors (Lipinski definition) is 2. The van der Waals surface area contributed by atoms with Crippen molar-refractivity contribution < 1.29 is 24.1 Å². The number of aliphatic hydroxyl groups is 1. The molecule has 0 spiro atoms. The molecule has 0 bridgehead atoms. The molecule has 0 aliphatic carbocycles. The van der Waals surface area contributed by atoms with E-state index in [1.165, 1.54) is 12.3 Å². The number of nitrogens with two attached hydrogens (primary N) is 1. The summed E-state index contributed by atoms with van der Waals surface area (Å²) in [5.74, 6) is 1.38. The molecule has 12 heteroatoms. The molecule has 216 valence electrons. The first kappa shape index (κ1) is 28.7. The number of hydrogen-bond acceptors (Lipinski definition) is 9. The summed E-state index contributed by atoms with van der Waals surface area (Å²) in [5, 5.41) is 15.0. The topological polar surface area (TPSA) is 167 Å². The smallest absolute Gasteiger partial charge is 0.351 e. The molecule has 3 N–H and O–H groups in total. The highest BCUT2D eigenvalue weighted by Gasteiger charge is 2.47. The van der Waals surface area contributed by atoms with Gasteiger partial charge in [0, 0.05) is 11.1 Å². The minimum Gasteiger partial charge on any atom is -0.497 e. The van der Waals surface area contributed by atoms with Gasteiger partial charge >= 0.3 is 5.69 Å². The van der Waals surface area contributed by atoms with Crippen molar-refractivity contribution in [2.45, 2.75) is 30.1 Å². The monoisotopic (exact) mass is 570 g/mol. The standard InChI is InChI=1S/C30H30N6O6/c1-39-22-12-8-20(9-13-22)30(19-6-4-3-5-7-19,21-10-14-23(40-2)15-11-21)41-18-24-27(37)26(34-35-32)28(42-24)36-17-16-25(31)33-29(36)38/h3-17,24,26-28,37H,18H2,1-2H3,(H2,31,33,38)/t24-,26-,27-,28-/m1/s1. The minimum absolute atomic E-state index is 0.0293. The van der Waals surface area contributed by atoms with Gasteiger partial charge in [0.1, 0.15) is 41.3 Å². The van der Waals surface area contributed by atoms with Crippen LogP contribution in [0.2, 0.25) is 0 Å². The van der Waals surface area contributed by atoms with Crippen LogP contribution in [0.15, 0.2) is 101 Å². The fourth-order valence-electron chi connectivity index (χ4n) is 5.18. The number of ether oxygens (including phenoxy) is 4. The molecule has 5 rings (SSSR count). The van der Waals surface area contributed by atoms with Crippen LogP contribution in [0, 0.1) is 0 Å². The van der Waals surface area contributed by atoms with Gasteiger partial charge in [-0.3, -0.25) is 4.57 Å². The minimum atomic E-state index is -1.30. The van der Waals surface area contributed by atoms with Crippen LogP contribution in [0.5, 0.6) is 11.5 Å². The van der Waals surface area contributed by atoms with E-state index in [-0.39, 0.29) is 12.4 Å². The average Bonchev–Trinajstić information content (AvgIpc) is 3.33. The first-order valence-corrected chi connectivity index (χ1v) is 13.1. The number of methoxy groups -OCH3 is 2. The third kappa shape index (κ3) is 5.39. The van der Waals surface area contributed by atoms with E-state index in [4.69, 9.17) is 24.7 Å². The molecule has 42 heavy (non-hydrogen) atoms. The van der Waals surface area contributed by atoms with Crippen LogP contribution in [0.3, 0.4) is 0 Å². The van der Waals surface area contributed by atoms with Crippen molar-refractivity contribution in [3.05, 3.63) is 129 Å². The van der Waals surface area contributed by atoms with Crippen LogP contribution in [0.1, 0.15) is 22.9 Å². The van der Waals surface area contributed by atoms with Crippen molar-refractivity contribution >= 4 is 5.82 Å². The lowest BCUT2D eigenvalue weighted by molar-refractivity contribution is -0.0945. The van der Waals surface area contributed by atoms with Crippen molar-refractivity contribution in [3.8, 4) is 11.5 Å². The van der Waals surface area contributed by atoms with Gasteiger partial charge in [0.25, 0.3) is 0 Å². The van der Waals surface area contributed by atoms with Gasteiger partial charge in [0.2, 0.25) is 0 Å². The Morgan fingerprint density at radius 1 is 0.976 bits per heavy atom.